The van der Waals surface area contributed by atoms with Crippen molar-refractivity contribution < 1.29 is 27.6 Å². The summed E-state index contributed by atoms with van der Waals surface area (Å²) < 4.78 is 37.8. The van der Waals surface area contributed by atoms with Gasteiger partial charge in [-0.05, 0) is 43.9 Å². The summed E-state index contributed by atoms with van der Waals surface area (Å²) in [6, 6.07) is 2.46. The van der Waals surface area contributed by atoms with Gasteiger partial charge in [-0.15, -0.1) is 0 Å². The minimum atomic E-state index is -0.786. The van der Waals surface area contributed by atoms with Crippen molar-refractivity contribution in [1.29, 1.82) is 0 Å². The smallest absolute Gasteiger partial charge is 0.254 e. The Labute approximate surface area is 171 Å². The largest absolute Gasteiger partial charge is 0.375 e. The highest BCUT2D eigenvalue weighted by Crippen LogP contribution is 2.50. The van der Waals surface area contributed by atoms with Crippen molar-refractivity contribution in [2.45, 2.75) is 31.2 Å². The number of amides is 2. The van der Waals surface area contributed by atoms with Gasteiger partial charge in [0.15, 0.2) is 5.82 Å². The van der Waals surface area contributed by atoms with Crippen LogP contribution in [0.1, 0.15) is 34.9 Å². The van der Waals surface area contributed by atoms with E-state index in [1.54, 1.807) is 11.8 Å². The molecule has 1 aliphatic heterocycles. The second kappa shape index (κ2) is 7.75. The van der Waals surface area contributed by atoms with E-state index in [1.165, 1.54) is 7.11 Å². The summed E-state index contributed by atoms with van der Waals surface area (Å²) in [6.45, 7) is 2.51. The number of aromatic nitrogens is 2. The van der Waals surface area contributed by atoms with Crippen LogP contribution in [0.2, 0.25) is 0 Å². The fourth-order valence-electron chi connectivity index (χ4n) is 4.65. The summed E-state index contributed by atoms with van der Waals surface area (Å²) >= 11 is 0. The van der Waals surface area contributed by atoms with Crippen LogP contribution < -0.4 is 5.32 Å². The first-order chi connectivity index (χ1) is 14.3. The number of fused-ring (bicyclic) bond motifs is 1. The number of benzene rings is 1. The van der Waals surface area contributed by atoms with Gasteiger partial charge in [-0.1, -0.05) is 5.16 Å². The van der Waals surface area contributed by atoms with Gasteiger partial charge in [0.1, 0.15) is 18.2 Å². The monoisotopic (exact) mass is 420 g/mol. The molecule has 160 valence electrons. The first kappa shape index (κ1) is 20.4. The van der Waals surface area contributed by atoms with E-state index in [0.29, 0.717) is 37.6 Å². The average molecular weight is 420 g/mol. The standard InChI is InChI=1S/C20H22F2N4O4/c1-11-23-19(30-25-11)20-7-14(5-12(20)8-26(10-20)17(27)9-29-2)24-18(28)15-6-13(21)3-4-16(15)22/h3-4,6,12,14H,5,7-10H2,1-2H3,(H,24,28)/t12?,14-,20+/m1/s1. The van der Waals surface area contributed by atoms with E-state index in [4.69, 9.17) is 9.26 Å². The van der Waals surface area contributed by atoms with Gasteiger partial charge in [-0.3, -0.25) is 9.59 Å². The molecule has 1 aromatic carbocycles. The Morgan fingerprint density at radius 1 is 1.40 bits per heavy atom. The normalized spacial score (nSPS) is 25.4. The number of nitrogens with zero attached hydrogens (tertiary/aromatic N) is 3. The Kier molecular flexibility index (Phi) is 5.27. The van der Waals surface area contributed by atoms with E-state index in [2.05, 4.69) is 15.5 Å². The van der Waals surface area contributed by atoms with Gasteiger partial charge in [-0.2, -0.15) is 4.98 Å². The molecule has 3 atom stereocenters. The predicted molar refractivity (Wildman–Crippen MR) is 99.5 cm³/mol. The Balaban J connectivity index is 1.55. The lowest BCUT2D eigenvalue weighted by molar-refractivity contribution is -0.134. The molecule has 1 aromatic heterocycles. The molecule has 1 saturated carbocycles. The molecule has 2 aromatic rings. The van der Waals surface area contributed by atoms with Crippen molar-refractivity contribution >= 4 is 11.8 Å². The Morgan fingerprint density at radius 3 is 2.90 bits per heavy atom. The number of halogens is 2. The number of ether oxygens (including phenoxy) is 1. The third-order valence-electron chi connectivity index (χ3n) is 5.96. The van der Waals surface area contributed by atoms with Crippen molar-refractivity contribution in [1.82, 2.24) is 20.4 Å². The average Bonchev–Trinajstić information content (AvgIpc) is 3.36. The van der Waals surface area contributed by atoms with Crippen molar-refractivity contribution in [3.05, 3.63) is 47.1 Å². The zero-order valence-electron chi connectivity index (χ0n) is 16.7. The third kappa shape index (κ3) is 3.55. The van der Waals surface area contributed by atoms with Crippen molar-refractivity contribution in [2.24, 2.45) is 5.92 Å². The van der Waals surface area contributed by atoms with Gasteiger partial charge in [0.2, 0.25) is 11.8 Å². The maximum Gasteiger partial charge on any atom is 0.254 e. The quantitative estimate of drug-likeness (QED) is 0.789. The molecule has 2 fully saturated rings. The number of carbonyl (C=O) groups excluding carboxylic acids is 2. The maximum absolute atomic E-state index is 14.0. The van der Waals surface area contributed by atoms with Gasteiger partial charge < -0.3 is 19.5 Å². The van der Waals surface area contributed by atoms with Crippen LogP contribution in [-0.4, -0.2) is 59.7 Å². The van der Waals surface area contributed by atoms with Crippen LogP contribution in [0.3, 0.4) is 0 Å². The zero-order valence-corrected chi connectivity index (χ0v) is 16.7. The van der Waals surface area contributed by atoms with Gasteiger partial charge in [0.05, 0.1) is 11.0 Å². The Bertz CT molecular complexity index is 981. The SMILES string of the molecule is COCC(=O)N1CC2C[C@@H](NC(=O)c3cc(F)ccc3F)C[C@]2(c2nc(C)no2)C1. The van der Waals surface area contributed by atoms with Crippen molar-refractivity contribution in [2.75, 3.05) is 26.8 Å². The highest BCUT2D eigenvalue weighted by Gasteiger charge is 2.58. The van der Waals surface area contributed by atoms with E-state index >= 15 is 0 Å². The number of methoxy groups -OCH3 is 1. The Morgan fingerprint density at radius 2 is 2.20 bits per heavy atom. The first-order valence-electron chi connectivity index (χ1n) is 9.66. The third-order valence-corrected chi connectivity index (χ3v) is 5.96. The summed E-state index contributed by atoms with van der Waals surface area (Å²) in [4.78, 5) is 31.0. The summed E-state index contributed by atoms with van der Waals surface area (Å²) in [7, 11) is 1.46. The zero-order chi connectivity index (χ0) is 21.5. The minimum Gasteiger partial charge on any atom is -0.375 e. The number of hydrogen-bond acceptors (Lipinski definition) is 6. The summed E-state index contributed by atoms with van der Waals surface area (Å²) in [5.41, 5.74) is -0.949. The fraction of sp³-hybridized carbons (Fsp3) is 0.500. The van der Waals surface area contributed by atoms with E-state index < -0.39 is 23.0 Å². The van der Waals surface area contributed by atoms with Gasteiger partial charge in [0.25, 0.3) is 5.91 Å². The van der Waals surface area contributed by atoms with Crippen molar-refractivity contribution in [3.8, 4) is 0 Å². The van der Waals surface area contributed by atoms with Crippen LogP contribution >= 0.6 is 0 Å². The summed E-state index contributed by atoms with van der Waals surface area (Å²) in [5.74, 6) is -1.41. The lowest BCUT2D eigenvalue weighted by Crippen LogP contribution is -2.40. The number of nitrogens with one attached hydrogen (secondary N) is 1. The second-order valence-corrected chi connectivity index (χ2v) is 7.94. The molecule has 1 N–H and O–H groups in total. The van der Waals surface area contributed by atoms with Crippen LogP contribution in [0, 0.1) is 24.5 Å². The maximum atomic E-state index is 14.0. The lowest BCUT2D eigenvalue weighted by Gasteiger charge is -2.25. The topological polar surface area (TPSA) is 97.6 Å². The van der Waals surface area contributed by atoms with Crippen LogP contribution in [0.4, 0.5) is 8.78 Å². The number of likely N-dealkylation sites (tertiary alicyclic amines) is 1. The van der Waals surface area contributed by atoms with Crippen LogP contribution in [0.25, 0.3) is 0 Å². The molecule has 30 heavy (non-hydrogen) atoms. The van der Waals surface area contributed by atoms with Crippen LogP contribution in [-0.2, 0) is 14.9 Å². The summed E-state index contributed by atoms with van der Waals surface area (Å²) in [6.07, 6.45) is 0.986. The molecule has 10 heteroatoms. The molecule has 0 radical (unpaired) electrons. The van der Waals surface area contributed by atoms with Crippen LogP contribution in [0.15, 0.2) is 22.7 Å². The molecule has 1 saturated heterocycles. The molecule has 4 rings (SSSR count). The number of aryl methyl sites for hydroxylation is 1. The molecule has 1 unspecified atom stereocenters. The number of carbonyl (C=O) groups is 2. The summed E-state index contributed by atoms with van der Waals surface area (Å²) in [5, 5.41) is 6.68. The molecule has 2 amide bonds. The van der Waals surface area contributed by atoms with Gasteiger partial charge in [-0.25, -0.2) is 8.78 Å². The molecule has 8 nitrogen and oxygen atoms in total. The van der Waals surface area contributed by atoms with E-state index in [0.717, 1.165) is 18.2 Å². The van der Waals surface area contributed by atoms with E-state index in [1.807, 2.05) is 0 Å². The molecular weight excluding hydrogens is 398 g/mol. The first-order valence-corrected chi connectivity index (χ1v) is 9.66. The molecule has 2 heterocycles. The predicted octanol–water partition coefficient (Wildman–Crippen LogP) is 1.59. The highest BCUT2D eigenvalue weighted by atomic mass is 19.1. The highest BCUT2D eigenvalue weighted by molar-refractivity contribution is 5.94. The van der Waals surface area contributed by atoms with Crippen LogP contribution in [0.5, 0.6) is 0 Å². The van der Waals surface area contributed by atoms with E-state index in [-0.39, 0.29) is 30.0 Å². The van der Waals surface area contributed by atoms with E-state index in [9.17, 15) is 18.4 Å². The number of rotatable bonds is 5. The van der Waals surface area contributed by atoms with Gasteiger partial charge >= 0.3 is 0 Å². The number of hydrogen-bond donors (Lipinski definition) is 1. The second-order valence-electron chi connectivity index (χ2n) is 7.94. The van der Waals surface area contributed by atoms with Crippen molar-refractivity contribution in [3.63, 3.8) is 0 Å². The molecule has 0 bridgehead atoms. The fourth-order valence-corrected chi connectivity index (χ4v) is 4.65. The van der Waals surface area contributed by atoms with Gasteiger partial charge in [0, 0.05) is 26.2 Å². The molecule has 0 spiro atoms. The molecule has 1 aliphatic carbocycles. The minimum absolute atomic E-state index is 0.0231. The Hall–Kier alpha value is -2.88. The molecular formula is C20H22F2N4O4. The lowest BCUT2D eigenvalue weighted by atomic mass is 9.80. The molecule has 2 aliphatic rings.